The van der Waals surface area contributed by atoms with Gasteiger partial charge in [-0.15, -0.1) is 0 Å². The minimum Gasteiger partial charge on any atom is -0.325 e. The molecule has 0 atom stereocenters. The molecule has 0 bridgehead atoms. The third-order valence-corrected chi connectivity index (χ3v) is 2.89. The molecule has 0 aliphatic heterocycles. The average molecular weight is 268 g/mol. The van der Waals surface area contributed by atoms with Gasteiger partial charge < -0.3 is 5.32 Å². The predicted octanol–water partition coefficient (Wildman–Crippen LogP) is 2.40. The van der Waals surface area contributed by atoms with Crippen LogP contribution in [0.3, 0.4) is 0 Å². The zero-order chi connectivity index (χ0) is 14.5. The van der Waals surface area contributed by atoms with Crippen LogP contribution in [0.4, 0.5) is 5.69 Å². The van der Waals surface area contributed by atoms with E-state index in [-0.39, 0.29) is 12.3 Å². The fourth-order valence-corrected chi connectivity index (χ4v) is 2.03. The Morgan fingerprint density at radius 2 is 2.20 bits per heavy atom. The zero-order valence-electron chi connectivity index (χ0n) is 11.6. The Hall–Kier alpha value is -2.61. The molecule has 1 aromatic heterocycles. The number of aromatic nitrogens is 2. The van der Waals surface area contributed by atoms with Gasteiger partial charge in [0.2, 0.25) is 5.91 Å². The molecule has 5 nitrogen and oxygen atoms in total. The van der Waals surface area contributed by atoms with Gasteiger partial charge in [0.05, 0.1) is 18.3 Å². The molecule has 0 spiro atoms. The molecule has 0 aliphatic rings. The van der Waals surface area contributed by atoms with Crippen molar-refractivity contribution in [1.82, 2.24) is 9.78 Å². The smallest absolute Gasteiger partial charge is 0.238 e. The fraction of sp³-hybridized carbons (Fsp3) is 0.267. The number of nitrogens with zero attached hydrogens (tertiary/aromatic N) is 3. The maximum Gasteiger partial charge on any atom is 0.238 e. The van der Waals surface area contributed by atoms with Crippen LogP contribution in [0.15, 0.2) is 30.3 Å². The molecule has 102 valence electrons. The summed E-state index contributed by atoms with van der Waals surface area (Å²) in [5.41, 5.74) is 3.83. The molecular formula is C15H16N4O. The van der Waals surface area contributed by atoms with Gasteiger partial charge in [-0.25, -0.2) is 0 Å². The predicted molar refractivity (Wildman–Crippen MR) is 76.1 cm³/mol. The van der Waals surface area contributed by atoms with E-state index in [1.165, 1.54) is 0 Å². The molecular weight excluding hydrogens is 252 g/mol. The highest BCUT2D eigenvalue weighted by Crippen LogP contribution is 2.13. The first-order chi connectivity index (χ1) is 9.58. The summed E-state index contributed by atoms with van der Waals surface area (Å²) in [5.74, 6) is -0.296. The molecule has 20 heavy (non-hydrogen) atoms. The van der Waals surface area contributed by atoms with E-state index < -0.39 is 0 Å². The van der Waals surface area contributed by atoms with Crippen LogP contribution in [0.5, 0.6) is 0 Å². The molecule has 1 aromatic carbocycles. The van der Waals surface area contributed by atoms with Crippen molar-refractivity contribution in [3.63, 3.8) is 0 Å². The molecule has 0 aliphatic carbocycles. The van der Waals surface area contributed by atoms with Crippen molar-refractivity contribution in [2.75, 3.05) is 5.32 Å². The summed E-state index contributed by atoms with van der Waals surface area (Å²) in [6, 6.07) is 11.4. The van der Waals surface area contributed by atoms with Crippen LogP contribution in [0, 0.1) is 25.2 Å². The molecule has 2 aromatic rings. The number of hydrogen-bond donors (Lipinski definition) is 1. The third-order valence-electron chi connectivity index (χ3n) is 2.89. The standard InChI is InChI=1S/C15H16N4O/c1-11-8-12(2)19(18-11)10-13-4-3-5-14(9-13)17-15(20)6-7-16/h3-5,8-9H,6,10H2,1-2H3,(H,17,20). The van der Waals surface area contributed by atoms with Gasteiger partial charge in [0.1, 0.15) is 6.42 Å². The van der Waals surface area contributed by atoms with Crippen molar-refractivity contribution in [1.29, 1.82) is 5.26 Å². The lowest BCUT2D eigenvalue weighted by atomic mass is 10.2. The van der Waals surface area contributed by atoms with Crippen LogP contribution < -0.4 is 5.32 Å². The van der Waals surface area contributed by atoms with E-state index in [4.69, 9.17) is 5.26 Å². The molecule has 5 heteroatoms. The van der Waals surface area contributed by atoms with Gasteiger partial charge in [-0.05, 0) is 37.6 Å². The van der Waals surface area contributed by atoms with E-state index in [9.17, 15) is 4.79 Å². The van der Waals surface area contributed by atoms with Crippen molar-refractivity contribution >= 4 is 11.6 Å². The summed E-state index contributed by atoms with van der Waals surface area (Å²) in [5, 5.41) is 15.6. The normalized spacial score (nSPS) is 10.1. The van der Waals surface area contributed by atoms with Crippen molar-refractivity contribution in [2.24, 2.45) is 0 Å². The number of nitrogens with one attached hydrogen (secondary N) is 1. The highest BCUT2D eigenvalue weighted by molar-refractivity contribution is 5.92. The largest absolute Gasteiger partial charge is 0.325 e. The van der Waals surface area contributed by atoms with Crippen LogP contribution in [0.25, 0.3) is 0 Å². The van der Waals surface area contributed by atoms with Crippen LogP contribution in [0.1, 0.15) is 23.4 Å². The number of aryl methyl sites for hydroxylation is 2. The van der Waals surface area contributed by atoms with Gasteiger partial charge in [-0.3, -0.25) is 9.48 Å². The minimum atomic E-state index is -0.296. The van der Waals surface area contributed by atoms with Crippen LogP contribution >= 0.6 is 0 Å². The summed E-state index contributed by atoms with van der Waals surface area (Å²) in [7, 11) is 0. The Bertz CT molecular complexity index is 667. The third kappa shape index (κ3) is 3.45. The molecule has 1 N–H and O–H groups in total. The van der Waals surface area contributed by atoms with Gasteiger partial charge in [0.15, 0.2) is 0 Å². The van der Waals surface area contributed by atoms with Crippen molar-refractivity contribution in [3.05, 3.63) is 47.3 Å². The van der Waals surface area contributed by atoms with Crippen LogP contribution in [-0.2, 0) is 11.3 Å². The summed E-state index contributed by atoms with van der Waals surface area (Å²) < 4.78 is 1.92. The van der Waals surface area contributed by atoms with Gasteiger partial charge in [0, 0.05) is 11.4 Å². The Morgan fingerprint density at radius 3 is 2.85 bits per heavy atom. The SMILES string of the molecule is Cc1cc(C)n(Cc2cccc(NC(=O)CC#N)c2)n1. The maximum atomic E-state index is 11.4. The Labute approximate surface area is 117 Å². The van der Waals surface area contributed by atoms with Crippen molar-refractivity contribution < 1.29 is 4.79 Å². The Kier molecular flexibility index (Phi) is 4.16. The maximum absolute atomic E-state index is 11.4. The summed E-state index contributed by atoms with van der Waals surface area (Å²) >= 11 is 0. The van der Waals surface area contributed by atoms with E-state index in [1.807, 2.05) is 48.9 Å². The van der Waals surface area contributed by atoms with Crippen molar-refractivity contribution in [2.45, 2.75) is 26.8 Å². The van der Waals surface area contributed by atoms with Crippen molar-refractivity contribution in [3.8, 4) is 6.07 Å². The number of nitriles is 1. The monoisotopic (exact) mass is 268 g/mol. The van der Waals surface area contributed by atoms with E-state index in [0.29, 0.717) is 12.2 Å². The van der Waals surface area contributed by atoms with Gasteiger partial charge in [0.25, 0.3) is 0 Å². The number of hydrogen-bond acceptors (Lipinski definition) is 3. The first kappa shape index (κ1) is 13.8. The molecule has 1 heterocycles. The number of carbonyl (C=O) groups is 1. The topological polar surface area (TPSA) is 70.7 Å². The first-order valence-electron chi connectivity index (χ1n) is 6.35. The lowest BCUT2D eigenvalue weighted by molar-refractivity contribution is -0.115. The fourth-order valence-electron chi connectivity index (χ4n) is 2.03. The van der Waals surface area contributed by atoms with E-state index in [1.54, 1.807) is 6.07 Å². The molecule has 0 saturated carbocycles. The van der Waals surface area contributed by atoms with Gasteiger partial charge in [-0.2, -0.15) is 10.4 Å². The molecule has 0 fully saturated rings. The summed E-state index contributed by atoms with van der Waals surface area (Å²) in [6.45, 7) is 4.63. The van der Waals surface area contributed by atoms with Gasteiger partial charge >= 0.3 is 0 Å². The Morgan fingerprint density at radius 1 is 1.40 bits per heavy atom. The number of amides is 1. The van der Waals surface area contributed by atoms with Gasteiger partial charge in [-0.1, -0.05) is 12.1 Å². The lowest BCUT2D eigenvalue weighted by Gasteiger charge is -2.08. The second-order valence-corrected chi connectivity index (χ2v) is 4.67. The highest BCUT2D eigenvalue weighted by Gasteiger charge is 2.04. The second kappa shape index (κ2) is 6.02. The van der Waals surface area contributed by atoms with E-state index >= 15 is 0 Å². The Balaban J connectivity index is 2.12. The summed E-state index contributed by atoms with van der Waals surface area (Å²) in [6.07, 6.45) is -0.137. The van der Waals surface area contributed by atoms with Crippen LogP contribution in [0.2, 0.25) is 0 Å². The molecule has 1 amide bonds. The molecule has 0 radical (unpaired) electrons. The lowest BCUT2D eigenvalue weighted by Crippen LogP contribution is -2.10. The molecule has 0 saturated heterocycles. The summed E-state index contributed by atoms with van der Waals surface area (Å²) in [4.78, 5) is 11.4. The molecule has 2 rings (SSSR count). The molecule has 0 unspecified atom stereocenters. The first-order valence-corrected chi connectivity index (χ1v) is 6.35. The number of rotatable bonds is 4. The second-order valence-electron chi connectivity index (χ2n) is 4.67. The average Bonchev–Trinajstić information content (AvgIpc) is 2.68. The van der Waals surface area contributed by atoms with E-state index in [2.05, 4.69) is 10.4 Å². The van der Waals surface area contributed by atoms with E-state index in [0.717, 1.165) is 17.0 Å². The quantitative estimate of drug-likeness (QED) is 0.925. The number of benzene rings is 1. The van der Waals surface area contributed by atoms with Crippen LogP contribution in [-0.4, -0.2) is 15.7 Å². The number of anilines is 1. The highest BCUT2D eigenvalue weighted by atomic mass is 16.1. The zero-order valence-corrected chi connectivity index (χ0v) is 11.6. The minimum absolute atomic E-state index is 0.137. The number of carbonyl (C=O) groups excluding carboxylic acids is 1.